The maximum Gasteiger partial charge on any atom is 0.313 e. The van der Waals surface area contributed by atoms with Crippen LogP contribution in [0.5, 0.6) is 0 Å². The SMILES string of the molecule is COC(=O)Cc1nc2ccccc2n1C(C)(C)C. The number of hydrogen-bond donors (Lipinski definition) is 0. The zero-order valence-electron chi connectivity index (χ0n) is 11.2. The normalized spacial score (nSPS) is 11.8. The maximum absolute atomic E-state index is 11.5. The molecule has 1 heterocycles. The van der Waals surface area contributed by atoms with Gasteiger partial charge in [0.05, 0.1) is 18.1 Å². The van der Waals surface area contributed by atoms with Gasteiger partial charge in [0.25, 0.3) is 0 Å². The van der Waals surface area contributed by atoms with Crippen LogP contribution in [-0.2, 0) is 21.5 Å². The van der Waals surface area contributed by atoms with Crippen molar-refractivity contribution >= 4 is 17.0 Å². The Hall–Kier alpha value is -1.84. The minimum atomic E-state index is -0.268. The molecule has 0 bridgehead atoms. The Balaban J connectivity index is 2.61. The van der Waals surface area contributed by atoms with Crippen molar-refractivity contribution in [2.24, 2.45) is 0 Å². The van der Waals surface area contributed by atoms with Crippen LogP contribution in [0.1, 0.15) is 26.6 Å². The van der Waals surface area contributed by atoms with Gasteiger partial charge < -0.3 is 9.30 Å². The molecule has 0 amide bonds. The van der Waals surface area contributed by atoms with E-state index in [-0.39, 0.29) is 17.9 Å². The van der Waals surface area contributed by atoms with Gasteiger partial charge in [-0.15, -0.1) is 0 Å². The second-order valence-electron chi connectivity index (χ2n) is 5.28. The van der Waals surface area contributed by atoms with E-state index in [1.807, 2.05) is 24.3 Å². The van der Waals surface area contributed by atoms with E-state index in [2.05, 4.69) is 30.3 Å². The third kappa shape index (κ3) is 2.23. The second kappa shape index (κ2) is 4.44. The molecule has 0 aliphatic heterocycles. The Morgan fingerprint density at radius 1 is 1.33 bits per heavy atom. The molecule has 0 atom stereocenters. The Kier molecular flexibility index (Phi) is 3.11. The van der Waals surface area contributed by atoms with Crippen LogP contribution in [-0.4, -0.2) is 22.6 Å². The summed E-state index contributed by atoms with van der Waals surface area (Å²) in [7, 11) is 1.40. The van der Waals surface area contributed by atoms with Crippen molar-refractivity contribution in [1.29, 1.82) is 0 Å². The van der Waals surface area contributed by atoms with Gasteiger partial charge >= 0.3 is 5.97 Å². The van der Waals surface area contributed by atoms with Crippen molar-refractivity contribution in [3.05, 3.63) is 30.1 Å². The predicted molar refractivity (Wildman–Crippen MR) is 70.4 cm³/mol. The monoisotopic (exact) mass is 246 g/mol. The summed E-state index contributed by atoms with van der Waals surface area (Å²) in [5.41, 5.74) is 1.83. The van der Waals surface area contributed by atoms with Gasteiger partial charge in [0.15, 0.2) is 0 Å². The third-order valence-corrected chi connectivity index (χ3v) is 2.83. The van der Waals surface area contributed by atoms with Gasteiger partial charge in [-0.05, 0) is 32.9 Å². The zero-order chi connectivity index (χ0) is 13.3. The van der Waals surface area contributed by atoms with Gasteiger partial charge in [0, 0.05) is 5.54 Å². The number of benzene rings is 1. The Morgan fingerprint density at radius 3 is 2.61 bits per heavy atom. The first-order chi connectivity index (χ1) is 8.43. The summed E-state index contributed by atoms with van der Waals surface area (Å²) in [6.45, 7) is 6.30. The number of carbonyl (C=O) groups excluding carboxylic acids is 1. The first-order valence-corrected chi connectivity index (χ1v) is 5.97. The van der Waals surface area contributed by atoms with Crippen LogP contribution in [0, 0.1) is 0 Å². The van der Waals surface area contributed by atoms with Gasteiger partial charge in [0.1, 0.15) is 12.2 Å². The van der Waals surface area contributed by atoms with Crippen molar-refractivity contribution < 1.29 is 9.53 Å². The molecule has 0 saturated heterocycles. The highest BCUT2D eigenvalue weighted by molar-refractivity contribution is 5.78. The molecule has 1 aromatic carbocycles. The number of fused-ring (bicyclic) bond motifs is 1. The lowest BCUT2D eigenvalue weighted by atomic mass is 10.1. The van der Waals surface area contributed by atoms with E-state index in [1.165, 1.54) is 7.11 Å². The van der Waals surface area contributed by atoms with E-state index in [4.69, 9.17) is 4.74 Å². The third-order valence-electron chi connectivity index (χ3n) is 2.83. The summed E-state index contributed by atoms with van der Waals surface area (Å²) >= 11 is 0. The highest BCUT2D eigenvalue weighted by Gasteiger charge is 2.22. The largest absolute Gasteiger partial charge is 0.469 e. The molecule has 0 aliphatic rings. The van der Waals surface area contributed by atoms with Crippen LogP contribution in [0.2, 0.25) is 0 Å². The number of imidazole rings is 1. The molecule has 4 heteroatoms. The van der Waals surface area contributed by atoms with Gasteiger partial charge in [-0.3, -0.25) is 4.79 Å². The van der Waals surface area contributed by atoms with Crippen molar-refractivity contribution in [1.82, 2.24) is 9.55 Å². The molecule has 2 aromatic rings. The Bertz CT molecular complexity index is 579. The second-order valence-corrected chi connectivity index (χ2v) is 5.28. The number of hydrogen-bond acceptors (Lipinski definition) is 3. The molecule has 1 aromatic heterocycles. The molecule has 0 N–H and O–H groups in total. The molecule has 4 nitrogen and oxygen atoms in total. The fourth-order valence-electron chi connectivity index (χ4n) is 2.14. The van der Waals surface area contributed by atoms with Crippen LogP contribution < -0.4 is 0 Å². The van der Waals surface area contributed by atoms with E-state index in [1.54, 1.807) is 0 Å². The summed E-state index contributed by atoms with van der Waals surface area (Å²) in [5.74, 6) is 0.478. The van der Waals surface area contributed by atoms with Crippen LogP contribution in [0.3, 0.4) is 0 Å². The fraction of sp³-hybridized carbons (Fsp3) is 0.429. The molecule has 2 rings (SSSR count). The molecule has 0 saturated carbocycles. The summed E-state index contributed by atoms with van der Waals surface area (Å²) in [5, 5.41) is 0. The Labute approximate surface area is 107 Å². The zero-order valence-corrected chi connectivity index (χ0v) is 11.2. The number of nitrogens with zero attached hydrogens (tertiary/aromatic N) is 2. The van der Waals surface area contributed by atoms with E-state index in [0.29, 0.717) is 0 Å². The molecule has 0 aliphatic carbocycles. The topological polar surface area (TPSA) is 44.1 Å². The lowest BCUT2D eigenvalue weighted by Crippen LogP contribution is -2.25. The van der Waals surface area contributed by atoms with Gasteiger partial charge in [-0.25, -0.2) is 4.98 Å². The quantitative estimate of drug-likeness (QED) is 0.765. The van der Waals surface area contributed by atoms with Gasteiger partial charge in [-0.2, -0.15) is 0 Å². The van der Waals surface area contributed by atoms with Crippen LogP contribution in [0.25, 0.3) is 11.0 Å². The van der Waals surface area contributed by atoms with E-state index >= 15 is 0 Å². The smallest absolute Gasteiger partial charge is 0.313 e. The minimum Gasteiger partial charge on any atom is -0.469 e. The molecular formula is C14H18N2O2. The average Bonchev–Trinajstić information content (AvgIpc) is 2.65. The van der Waals surface area contributed by atoms with Crippen LogP contribution in [0.4, 0.5) is 0 Å². The van der Waals surface area contributed by atoms with Crippen molar-refractivity contribution in [2.45, 2.75) is 32.7 Å². The molecular weight excluding hydrogens is 228 g/mol. The number of rotatable bonds is 2. The summed E-state index contributed by atoms with van der Waals surface area (Å²) in [6.07, 6.45) is 0.197. The first kappa shape index (κ1) is 12.6. The molecule has 0 radical (unpaired) electrons. The Morgan fingerprint density at radius 2 is 2.00 bits per heavy atom. The molecule has 0 unspecified atom stereocenters. The predicted octanol–water partition coefficient (Wildman–Crippen LogP) is 2.51. The molecule has 96 valence electrons. The maximum atomic E-state index is 11.5. The summed E-state index contributed by atoms with van der Waals surface area (Å²) < 4.78 is 6.82. The first-order valence-electron chi connectivity index (χ1n) is 5.97. The number of aromatic nitrogens is 2. The molecule has 0 fully saturated rings. The van der Waals surface area contributed by atoms with Crippen LogP contribution in [0.15, 0.2) is 24.3 Å². The van der Waals surface area contributed by atoms with Crippen LogP contribution >= 0.6 is 0 Å². The standard InChI is InChI=1S/C14H18N2O2/c1-14(2,3)16-11-8-6-5-7-10(11)15-12(16)9-13(17)18-4/h5-8H,9H2,1-4H3. The number of para-hydroxylation sites is 2. The average molecular weight is 246 g/mol. The highest BCUT2D eigenvalue weighted by Crippen LogP contribution is 2.25. The summed E-state index contributed by atoms with van der Waals surface area (Å²) in [6, 6.07) is 7.91. The number of esters is 1. The number of methoxy groups -OCH3 is 1. The number of carbonyl (C=O) groups is 1. The van der Waals surface area contributed by atoms with Crippen molar-refractivity contribution in [3.8, 4) is 0 Å². The molecule has 0 spiro atoms. The van der Waals surface area contributed by atoms with E-state index in [9.17, 15) is 4.79 Å². The highest BCUT2D eigenvalue weighted by atomic mass is 16.5. The lowest BCUT2D eigenvalue weighted by Gasteiger charge is -2.24. The van der Waals surface area contributed by atoms with Crippen molar-refractivity contribution in [2.75, 3.05) is 7.11 Å². The van der Waals surface area contributed by atoms with Gasteiger partial charge in [0.2, 0.25) is 0 Å². The van der Waals surface area contributed by atoms with E-state index in [0.717, 1.165) is 16.9 Å². The van der Waals surface area contributed by atoms with E-state index < -0.39 is 0 Å². The number of ether oxygens (including phenoxy) is 1. The molecule has 18 heavy (non-hydrogen) atoms. The lowest BCUT2D eigenvalue weighted by molar-refractivity contribution is -0.140. The fourth-order valence-corrected chi connectivity index (χ4v) is 2.14. The van der Waals surface area contributed by atoms with Crippen molar-refractivity contribution in [3.63, 3.8) is 0 Å². The summed E-state index contributed by atoms with van der Waals surface area (Å²) in [4.78, 5) is 16.0. The minimum absolute atomic E-state index is 0.126. The van der Waals surface area contributed by atoms with Gasteiger partial charge in [-0.1, -0.05) is 12.1 Å².